The zero-order valence-electron chi connectivity index (χ0n) is 21.3. The molecule has 0 saturated heterocycles. The van der Waals surface area contributed by atoms with Gasteiger partial charge in [-0.05, 0) is 74.9 Å². The number of nitrogens with one attached hydrogen (secondary N) is 2. The molecule has 9 nitrogen and oxygen atoms in total. The van der Waals surface area contributed by atoms with Gasteiger partial charge in [0.15, 0.2) is 0 Å². The summed E-state index contributed by atoms with van der Waals surface area (Å²) in [6, 6.07) is 12.0. The van der Waals surface area contributed by atoms with Crippen LogP contribution in [-0.4, -0.2) is 36.6 Å². The molecule has 2 aromatic carbocycles. The zero-order chi connectivity index (χ0) is 27.9. The Morgan fingerprint density at radius 3 is 2.59 bits per heavy atom. The number of fused-ring (bicyclic) bond motifs is 1. The topological polar surface area (TPSA) is 123 Å². The number of anilines is 1. The first kappa shape index (κ1) is 28.2. The molecule has 0 spiro atoms. The maximum atomic E-state index is 12.7. The van der Waals surface area contributed by atoms with E-state index in [1.165, 1.54) is 17.6 Å². The van der Waals surface area contributed by atoms with Crippen molar-refractivity contribution in [3.05, 3.63) is 79.6 Å². The Morgan fingerprint density at radius 1 is 1.05 bits per heavy atom. The summed E-state index contributed by atoms with van der Waals surface area (Å²) >= 11 is 4.65. The number of aryl methyl sites for hydroxylation is 2. The summed E-state index contributed by atoms with van der Waals surface area (Å²) < 4.78 is 11.4. The summed E-state index contributed by atoms with van der Waals surface area (Å²) in [4.78, 5) is 51.4. The fourth-order valence-electron chi connectivity index (χ4n) is 4.11. The molecule has 0 unspecified atom stereocenters. The number of nitrogens with zero attached hydrogens (tertiary/aromatic N) is 1. The van der Waals surface area contributed by atoms with Gasteiger partial charge in [-0.25, -0.2) is 15.0 Å². The van der Waals surface area contributed by atoms with Crippen LogP contribution < -0.4 is 15.5 Å². The Hall–Kier alpha value is -3.83. The minimum Gasteiger partial charge on any atom is -0.462 e. The molecule has 0 saturated carbocycles. The third kappa shape index (κ3) is 6.79. The van der Waals surface area contributed by atoms with Crippen LogP contribution in [0.5, 0.6) is 5.75 Å². The van der Waals surface area contributed by atoms with Crippen LogP contribution in [0.15, 0.2) is 52.0 Å². The summed E-state index contributed by atoms with van der Waals surface area (Å²) in [5.41, 5.74) is 4.95. The number of benzene rings is 2. The van der Waals surface area contributed by atoms with Crippen molar-refractivity contribution >= 4 is 62.2 Å². The van der Waals surface area contributed by atoms with Crippen molar-refractivity contribution in [2.75, 3.05) is 11.9 Å². The summed E-state index contributed by atoms with van der Waals surface area (Å²) in [5.74, 6) is -2.84. The number of esters is 2. The van der Waals surface area contributed by atoms with Crippen LogP contribution in [0.25, 0.3) is 0 Å². The third-order valence-corrected chi connectivity index (χ3v) is 7.69. The summed E-state index contributed by atoms with van der Waals surface area (Å²) in [7, 11) is 0. The fraction of sp³-hybridized carbons (Fsp3) is 0.250. The number of hydrazone groups is 1. The van der Waals surface area contributed by atoms with E-state index in [2.05, 4.69) is 31.8 Å². The number of thiophene rings is 1. The van der Waals surface area contributed by atoms with Gasteiger partial charge in [-0.15, -0.1) is 11.3 Å². The highest BCUT2D eigenvalue weighted by molar-refractivity contribution is 9.10. The summed E-state index contributed by atoms with van der Waals surface area (Å²) in [6.45, 7) is 3.72. The molecule has 1 aromatic heterocycles. The maximum Gasteiger partial charge on any atom is 0.343 e. The molecule has 0 atom stereocenters. The van der Waals surface area contributed by atoms with Crippen molar-refractivity contribution in [2.24, 2.45) is 5.10 Å². The number of amides is 2. The molecule has 2 N–H and O–H groups in total. The maximum absolute atomic E-state index is 12.7. The number of carbonyl (C=O) groups is 4. The largest absolute Gasteiger partial charge is 0.462 e. The lowest BCUT2D eigenvalue weighted by molar-refractivity contribution is -0.136. The Kier molecular flexibility index (Phi) is 9.26. The van der Waals surface area contributed by atoms with Gasteiger partial charge in [0.1, 0.15) is 10.8 Å². The van der Waals surface area contributed by atoms with Gasteiger partial charge in [0, 0.05) is 14.9 Å². The second kappa shape index (κ2) is 12.8. The fourth-order valence-corrected chi connectivity index (χ4v) is 5.77. The predicted octanol–water partition coefficient (Wildman–Crippen LogP) is 5.18. The molecule has 202 valence electrons. The van der Waals surface area contributed by atoms with Crippen molar-refractivity contribution in [1.29, 1.82) is 0 Å². The molecule has 39 heavy (non-hydrogen) atoms. The first-order valence-electron chi connectivity index (χ1n) is 12.3. The number of halogens is 1. The average molecular weight is 613 g/mol. The SMILES string of the molecule is CCOC(=O)c1c(NC(=O)C(=O)N/N=C\c2cc(Br)ccc2OC(=O)c2ccccc2C)sc2c1CCCC2. The first-order chi connectivity index (χ1) is 18.8. The van der Waals surface area contributed by atoms with Gasteiger partial charge in [-0.1, -0.05) is 34.1 Å². The van der Waals surface area contributed by atoms with E-state index < -0.39 is 23.8 Å². The van der Waals surface area contributed by atoms with Crippen molar-refractivity contribution in [1.82, 2.24) is 5.43 Å². The van der Waals surface area contributed by atoms with E-state index in [1.807, 2.05) is 19.1 Å². The molecular weight excluding hydrogens is 586 g/mol. The second-order valence-electron chi connectivity index (χ2n) is 8.68. The summed E-state index contributed by atoms with van der Waals surface area (Å²) in [5, 5.41) is 6.70. The monoisotopic (exact) mass is 611 g/mol. The average Bonchev–Trinajstić information content (AvgIpc) is 3.28. The molecule has 1 aliphatic carbocycles. The van der Waals surface area contributed by atoms with Crippen LogP contribution in [0, 0.1) is 6.92 Å². The molecule has 0 bridgehead atoms. The molecule has 2 amide bonds. The first-order valence-corrected chi connectivity index (χ1v) is 13.9. The van der Waals surface area contributed by atoms with Gasteiger partial charge < -0.3 is 14.8 Å². The van der Waals surface area contributed by atoms with E-state index >= 15 is 0 Å². The Labute approximate surface area is 237 Å². The summed E-state index contributed by atoms with van der Waals surface area (Å²) in [6.07, 6.45) is 4.73. The van der Waals surface area contributed by atoms with E-state index in [-0.39, 0.29) is 12.4 Å². The molecule has 4 rings (SSSR count). The van der Waals surface area contributed by atoms with E-state index in [4.69, 9.17) is 9.47 Å². The highest BCUT2D eigenvalue weighted by Crippen LogP contribution is 2.38. The van der Waals surface area contributed by atoms with E-state index in [9.17, 15) is 19.2 Å². The van der Waals surface area contributed by atoms with Gasteiger partial charge in [-0.2, -0.15) is 5.10 Å². The Morgan fingerprint density at radius 2 is 1.82 bits per heavy atom. The lowest BCUT2D eigenvalue weighted by atomic mass is 9.95. The standard InChI is InChI=1S/C28H26BrN3O6S/c1-3-37-28(36)23-20-10-6-7-11-22(20)39-26(23)31-24(33)25(34)32-30-15-17-14-18(29)12-13-21(17)38-27(35)19-9-5-4-8-16(19)2/h4-5,8-9,12-15H,3,6-7,10-11H2,1-2H3,(H,31,33)(H,32,34)/b30-15-. The number of hydrogen-bond acceptors (Lipinski definition) is 8. The van der Waals surface area contributed by atoms with E-state index in [0.29, 0.717) is 26.2 Å². The molecule has 0 aliphatic heterocycles. The number of ether oxygens (including phenoxy) is 2. The molecule has 0 fully saturated rings. The highest BCUT2D eigenvalue weighted by Gasteiger charge is 2.28. The predicted molar refractivity (Wildman–Crippen MR) is 152 cm³/mol. The molecular formula is C28H26BrN3O6S. The lowest BCUT2D eigenvalue weighted by Crippen LogP contribution is -2.32. The van der Waals surface area contributed by atoms with Gasteiger partial charge >= 0.3 is 23.8 Å². The van der Waals surface area contributed by atoms with Crippen molar-refractivity contribution in [3.63, 3.8) is 0 Å². The van der Waals surface area contributed by atoms with Crippen LogP contribution >= 0.6 is 27.3 Å². The third-order valence-electron chi connectivity index (χ3n) is 5.99. The normalized spacial score (nSPS) is 12.5. The van der Waals surface area contributed by atoms with Crippen molar-refractivity contribution in [3.8, 4) is 5.75 Å². The van der Waals surface area contributed by atoms with E-state index in [0.717, 1.165) is 41.7 Å². The van der Waals surface area contributed by atoms with Gasteiger partial charge in [0.2, 0.25) is 0 Å². The van der Waals surface area contributed by atoms with Gasteiger partial charge in [0.25, 0.3) is 0 Å². The molecule has 1 aliphatic rings. The Balaban J connectivity index is 1.45. The number of rotatable bonds is 7. The van der Waals surface area contributed by atoms with Gasteiger partial charge in [0.05, 0.1) is 23.9 Å². The second-order valence-corrected chi connectivity index (χ2v) is 10.7. The van der Waals surface area contributed by atoms with Crippen LogP contribution in [0.2, 0.25) is 0 Å². The quantitative estimate of drug-likeness (QED) is 0.125. The van der Waals surface area contributed by atoms with Crippen LogP contribution in [-0.2, 0) is 27.2 Å². The number of hydrogen-bond donors (Lipinski definition) is 2. The molecule has 1 heterocycles. The Bertz CT molecular complexity index is 1470. The van der Waals surface area contributed by atoms with Crippen LogP contribution in [0.3, 0.4) is 0 Å². The van der Waals surface area contributed by atoms with Gasteiger partial charge in [-0.3, -0.25) is 9.59 Å². The smallest absolute Gasteiger partial charge is 0.343 e. The van der Waals surface area contributed by atoms with Crippen LogP contribution in [0.4, 0.5) is 5.00 Å². The van der Waals surface area contributed by atoms with Crippen molar-refractivity contribution in [2.45, 2.75) is 39.5 Å². The minimum absolute atomic E-state index is 0.198. The molecule has 11 heteroatoms. The van der Waals surface area contributed by atoms with E-state index in [1.54, 1.807) is 37.3 Å². The molecule has 3 aromatic rings. The zero-order valence-corrected chi connectivity index (χ0v) is 23.7. The van der Waals surface area contributed by atoms with Crippen molar-refractivity contribution < 1.29 is 28.7 Å². The minimum atomic E-state index is -1.03. The number of carbonyl (C=O) groups excluding carboxylic acids is 4. The highest BCUT2D eigenvalue weighted by atomic mass is 79.9. The lowest BCUT2D eigenvalue weighted by Gasteiger charge is -2.12. The molecule has 0 radical (unpaired) electrons. The van der Waals surface area contributed by atoms with Crippen LogP contribution in [0.1, 0.15) is 62.0 Å².